The van der Waals surface area contributed by atoms with Crippen molar-refractivity contribution in [3.63, 3.8) is 0 Å². The maximum atomic E-state index is 5.04. The van der Waals surface area contributed by atoms with E-state index in [2.05, 4.69) is 236 Å². The summed E-state index contributed by atoms with van der Waals surface area (Å²) in [6.07, 6.45) is 1.92. The van der Waals surface area contributed by atoms with Gasteiger partial charge in [-0.05, 0) is 123 Å². The molecule has 0 aliphatic heterocycles. The smallest absolute Gasteiger partial charge is 0.0709 e. The summed E-state index contributed by atoms with van der Waals surface area (Å²) in [6, 6.07) is 79.9. The lowest BCUT2D eigenvalue weighted by molar-refractivity contribution is 0.660. The van der Waals surface area contributed by atoms with Crippen molar-refractivity contribution in [3.8, 4) is 50.3 Å². The van der Waals surface area contributed by atoms with E-state index in [-0.39, 0.29) is 5.41 Å². The molecular formula is C62H43N3S. The van der Waals surface area contributed by atoms with Crippen LogP contribution in [0.1, 0.15) is 25.0 Å². The summed E-state index contributed by atoms with van der Waals surface area (Å²) in [5, 5.41) is 4.95. The van der Waals surface area contributed by atoms with Gasteiger partial charge in [-0.15, -0.1) is 11.3 Å². The van der Waals surface area contributed by atoms with Crippen molar-refractivity contribution in [2.45, 2.75) is 19.3 Å². The fourth-order valence-corrected chi connectivity index (χ4v) is 11.9. The van der Waals surface area contributed by atoms with Crippen molar-refractivity contribution in [2.24, 2.45) is 0 Å². The van der Waals surface area contributed by atoms with Crippen molar-refractivity contribution in [2.75, 3.05) is 4.90 Å². The Bertz CT molecular complexity index is 3810. The quantitative estimate of drug-likeness (QED) is 0.159. The van der Waals surface area contributed by atoms with Gasteiger partial charge in [0.05, 0.1) is 16.7 Å². The van der Waals surface area contributed by atoms with E-state index in [9.17, 15) is 0 Å². The molecule has 13 rings (SSSR count). The van der Waals surface area contributed by atoms with Crippen LogP contribution in [-0.4, -0.2) is 9.55 Å². The van der Waals surface area contributed by atoms with Crippen LogP contribution >= 0.6 is 11.3 Å². The lowest BCUT2D eigenvalue weighted by Gasteiger charge is -2.28. The molecule has 66 heavy (non-hydrogen) atoms. The molecule has 1 aliphatic rings. The second-order valence-corrected chi connectivity index (χ2v) is 19.0. The lowest BCUT2D eigenvalue weighted by Crippen LogP contribution is -2.16. The standard InChI is InChI=1S/C62H43N3S/c1-62(2)53-23-13-12-22-48(53)49-33-30-47(38-54(49)62)64(45-28-25-42(26-29-45)40-16-6-3-7-17-40)46-31-34-58-52(37-46)59-51(55-24-14-15-35-63-55)39-57-60(61(59)66-58)50-32-27-43(41-18-8-4-9-19-41)36-56(50)65(57)44-20-10-5-11-21-44/h3-39H,1-2H3. The minimum absolute atomic E-state index is 0.137. The van der Waals surface area contributed by atoms with E-state index in [0.29, 0.717) is 0 Å². The molecular weight excluding hydrogens is 819 g/mol. The number of hydrogen-bond acceptors (Lipinski definition) is 3. The van der Waals surface area contributed by atoms with E-state index in [0.717, 1.165) is 34.0 Å². The van der Waals surface area contributed by atoms with Crippen molar-refractivity contribution in [1.82, 2.24) is 9.55 Å². The zero-order valence-corrected chi connectivity index (χ0v) is 37.4. The molecule has 0 atom stereocenters. The van der Waals surface area contributed by atoms with E-state index < -0.39 is 0 Å². The number of thiophene rings is 1. The normalized spacial score (nSPS) is 12.8. The van der Waals surface area contributed by atoms with Gasteiger partial charge in [-0.2, -0.15) is 0 Å². The average molecular weight is 862 g/mol. The van der Waals surface area contributed by atoms with Gasteiger partial charge < -0.3 is 9.47 Å². The van der Waals surface area contributed by atoms with Crippen LogP contribution in [0.2, 0.25) is 0 Å². The number of aromatic nitrogens is 2. The molecule has 1 aliphatic carbocycles. The highest BCUT2D eigenvalue weighted by atomic mass is 32.1. The molecule has 0 saturated carbocycles. The van der Waals surface area contributed by atoms with Gasteiger partial charge in [-0.3, -0.25) is 4.98 Å². The van der Waals surface area contributed by atoms with Crippen LogP contribution in [0, 0.1) is 0 Å². The van der Waals surface area contributed by atoms with Crippen molar-refractivity contribution < 1.29 is 0 Å². The first-order valence-electron chi connectivity index (χ1n) is 22.7. The Morgan fingerprint density at radius 1 is 0.439 bits per heavy atom. The van der Waals surface area contributed by atoms with Crippen LogP contribution in [0.5, 0.6) is 0 Å². The summed E-state index contributed by atoms with van der Waals surface area (Å²) in [6.45, 7) is 4.72. The molecule has 9 aromatic carbocycles. The monoisotopic (exact) mass is 861 g/mol. The highest BCUT2D eigenvalue weighted by Gasteiger charge is 2.36. The molecule has 0 radical (unpaired) electrons. The highest BCUT2D eigenvalue weighted by Crippen LogP contribution is 2.52. The Kier molecular flexibility index (Phi) is 8.74. The minimum atomic E-state index is -0.137. The predicted octanol–water partition coefficient (Wildman–Crippen LogP) is 17.3. The number of anilines is 3. The van der Waals surface area contributed by atoms with Crippen molar-refractivity contribution in [3.05, 3.63) is 236 Å². The van der Waals surface area contributed by atoms with Crippen LogP contribution in [0.15, 0.2) is 225 Å². The van der Waals surface area contributed by atoms with Crippen LogP contribution in [0.25, 0.3) is 92.3 Å². The van der Waals surface area contributed by atoms with Gasteiger partial charge in [-0.25, -0.2) is 0 Å². The molecule has 312 valence electrons. The molecule has 0 bridgehead atoms. The first-order chi connectivity index (χ1) is 32.5. The Balaban J connectivity index is 1.07. The Morgan fingerprint density at radius 2 is 1.06 bits per heavy atom. The third-order valence-corrected chi connectivity index (χ3v) is 15.0. The van der Waals surface area contributed by atoms with E-state index in [4.69, 9.17) is 4.98 Å². The molecule has 0 fully saturated rings. The van der Waals surface area contributed by atoms with Crippen molar-refractivity contribution >= 4 is 70.4 Å². The molecule has 0 N–H and O–H groups in total. The van der Waals surface area contributed by atoms with E-state index in [1.54, 1.807) is 0 Å². The Labute approximate surface area is 388 Å². The summed E-state index contributed by atoms with van der Waals surface area (Å²) in [4.78, 5) is 7.48. The number of para-hydroxylation sites is 1. The summed E-state index contributed by atoms with van der Waals surface area (Å²) in [5.41, 5.74) is 18.9. The zero-order valence-electron chi connectivity index (χ0n) is 36.6. The van der Waals surface area contributed by atoms with Gasteiger partial charge in [0.2, 0.25) is 0 Å². The van der Waals surface area contributed by atoms with Crippen LogP contribution in [0.4, 0.5) is 17.1 Å². The number of hydrogen-bond donors (Lipinski definition) is 0. The van der Waals surface area contributed by atoms with Crippen LogP contribution in [0.3, 0.4) is 0 Å². The molecule has 4 heteroatoms. The fourth-order valence-electron chi connectivity index (χ4n) is 10.7. The summed E-state index contributed by atoms with van der Waals surface area (Å²) < 4.78 is 4.96. The van der Waals surface area contributed by atoms with Crippen LogP contribution < -0.4 is 4.90 Å². The second kappa shape index (κ2) is 15.0. The molecule has 3 aromatic heterocycles. The lowest BCUT2D eigenvalue weighted by atomic mass is 9.82. The second-order valence-electron chi connectivity index (χ2n) is 17.9. The minimum Gasteiger partial charge on any atom is -0.310 e. The zero-order chi connectivity index (χ0) is 43.9. The maximum Gasteiger partial charge on any atom is 0.0709 e. The summed E-state index contributed by atoms with van der Waals surface area (Å²) >= 11 is 1.88. The molecule has 0 amide bonds. The first-order valence-corrected chi connectivity index (χ1v) is 23.5. The van der Waals surface area contributed by atoms with Crippen LogP contribution in [-0.2, 0) is 5.41 Å². The molecule has 12 aromatic rings. The van der Waals surface area contributed by atoms with Gasteiger partial charge >= 0.3 is 0 Å². The SMILES string of the molecule is CC1(C)c2ccccc2-c2ccc(N(c3ccc(-c4ccccc4)cc3)c3ccc4sc5c(c(-c6ccccn6)cc6c5c5ccc(-c7ccccc7)cc5n6-c5ccccc5)c4c3)cc21. The van der Waals surface area contributed by atoms with E-state index in [1.807, 2.05) is 23.6 Å². The molecule has 0 saturated heterocycles. The maximum absolute atomic E-state index is 5.04. The van der Waals surface area contributed by atoms with Gasteiger partial charge in [0.25, 0.3) is 0 Å². The van der Waals surface area contributed by atoms with Crippen molar-refractivity contribution in [1.29, 1.82) is 0 Å². The van der Waals surface area contributed by atoms with E-state index in [1.165, 1.54) is 86.5 Å². The molecule has 3 heterocycles. The highest BCUT2D eigenvalue weighted by molar-refractivity contribution is 7.27. The summed E-state index contributed by atoms with van der Waals surface area (Å²) in [7, 11) is 0. The van der Waals surface area contributed by atoms with Gasteiger partial charge in [0.15, 0.2) is 0 Å². The summed E-state index contributed by atoms with van der Waals surface area (Å²) in [5.74, 6) is 0. The number of nitrogens with zero attached hydrogens (tertiary/aromatic N) is 3. The average Bonchev–Trinajstić information content (AvgIpc) is 4.00. The van der Waals surface area contributed by atoms with Gasteiger partial charge in [0, 0.05) is 70.9 Å². The molecule has 0 spiro atoms. The topological polar surface area (TPSA) is 21.1 Å². The largest absolute Gasteiger partial charge is 0.310 e. The third kappa shape index (κ3) is 5.99. The molecule has 3 nitrogen and oxygen atoms in total. The third-order valence-electron chi connectivity index (χ3n) is 13.8. The van der Waals surface area contributed by atoms with E-state index >= 15 is 0 Å². The number of fused-ring (bicyclic) bond motifs is 10. The number of rotatable bonds is 7. The Hall–Kier alpha value is -8.05. The predicted molar refractivity (Wildman–Crippen MR) is 280 cm³/mol. The molecule has 0 unspecified atom stereocenters. The fraction of sp³-hybridized carbons (Fsp3) is 0.0484. The first kappa shape index (κ1) is 38.4. The van der Waals surface area contributed by atoms with Gasteiger partial charge in [0.1, 0.15) is 0 Å². The number of pyridine rings is 1. The Morgan fingerprint density at radius 3 is 1.82 bits per heavy atom. The number of benzene rings is 9. The van der Waals surface area contributed by atoms with Gasteiger partial charge in [-0.1, -0.05) is 153 Å².